The van der Waals surface area contributed by atoms with Crippen molar-refractivity contribution in [2.75, 3.05) is 0 Å². The van der Waals surface area contributed by atoms with Gasteiger partial charge in [0.05, 0.1) is 11.6 Å². The largest absolute Gasteiger partial charge is 0.444 e. The minimum Gasteiger partial charge on any atom is -0.444 e. The molecule has 1 amide bonds. The molecule has 5 heteroatoms. The number of carbonyl (C=O) groups excluding carboxylic acids is 2. The summed E-state index contributed by atoms with van der Waals surface area (Å²) in [6, 6.07) is 0.00907. The number of fused-ring (bicyclic) bond motifs is 2. The van der Waals surface area contributed by atoms with Crippen LogP contribution in [0.3, 0.4) is 0 Å². The van der Waals surface area contributed by atoms with Crippen molar-refractivity contribution >= 4 is 12.4 Å². The standard InChI is InChI=1S/C13H21NO4/c1-12(2,3)18-11(17)14-9-4-5-13(14,6-7-15)10(16)8-9/h7,9-10,16H,4-6,8H2,1-3H3. The van der Waals surface area contributed by atoms with Crippen molar-refractivity contribution in [3.8, 4) is 0 Å². The number of hydrogen-bond acceptors (Lipinski definition) is 4. The maximum Gasteiger partial charge on any atom is 0.411 e. The van der Waals surface area contributed by atoms with Crippen molar-refractivity contribution < 1.29 is 19.4 Å². The first kappa shape index (κ1) is 13.3. The Morgan fingerprint density at radius 2 is 2.22 bits per heavy atom. The van der Waals surface area contributed by atoms with Crippen LogP contribution in [0.15, 0.2) is 0 Å². The highest BCUT2D eigenvalue weighted by atomic mass is 16.6. The average Bonchev–Trinajstić information content (AvgIpc) is 2.67. The normalized spacial score (nSPS) is 34.8. The van der Waals surface area contributed by atoms with Crippen molar-refractivity contribution in [1.82, 2.24) is 4.90 Å². The molecule has 2 aliphatic heterocycles. The summed E-state index contributed by atoms with van der Waals surface area (Å²) in [4.78, 5) is 24.7. The van der Waals surface area contributed by atoms with Crippen LogP contribution >= 0.6 is 0 Å². The number of carbonyl (C=O) groups is 2. The van der Waals surface area contributed by atoms with Gasteiger partial charge in [-0.25, -0.2) is 4.79 Å². The summed E-state index contributed by atoms with van der Waals surface area (Å²) < 4.78 is 5.38. The molecule has 2 heterocycles. The van der Waals surface area contributed by atoms with Crippen LogP contribution in [0.1, 0.15) is 46.5 Å². The number of nitrogens with zero attached hydrogens (tertiary/aromatic N) is 1. The SMILES string of the molecule is CC(C)(C)OC(=O)N1C2CCC1(CC=O)C(O)C2. The third-order valence-electron chi connectivity index (χ3n) is 3.90. The van der Waals surface area contributed by atoms with Crippen LogP contribution < -0.4 is 0 Å². The van der Waals surface area contributed by atoms with E-state index in [9.17, 15) is 14.7 Å². The van der Waals surface area contributed by atoms with E-state index in [4.69, 9.17) is 4.74 Å². The van der Waals surface area contributed by atoms with Crippen molar-refractivity contribution in [2.24, 2.45) is 0 Å². The number of aliphatic hydroxyl groups is 1. The van der Waals surface area contributed by atoms with Gasteiger partial charge in [0, 0.05) is 12.5 Å². The minimum absolute atomic E-state index is 0.00907. The second-order valence-corrected chi connectivity index (χ2v) is 6.27. The fourth-order valence-electron chi connectivity index (χ4n) is 3.18. The van der Waals surface area contributed by atoms with E-state index >= 15 is 0 Å². The van der Waals surface area contributed by atoms with Gasteiger partial charge in [-0.15, -0.1) is 0 Å². The number of amides is 1. The van der Waals surface area contributed by atoms with Crippen molar-refractivity contribution in [3.63, 3.8) is 0 Å². The lowest BCUT2D eigenvalue weighted by atomic mass is 9.83. The molecule has 2 rings (SSSR count). The van der Waals surface area contributed by atoms with Crippen molar-refractivity contribution in [1.29, 1.82) is 0 Å². The zero-order valence-electron chi connectivity index (χ0n) is 11.2. The van der Waals surface area contributed by atoms with E-state index in [0.29, 0.717) is 12.8 Å². The molecule has 0 aliphatic carbocycles. The van der Waals surface area contributed by atoms with Gasteiger partial charge >= 0.3 is 6.09 Å². The maximum atomic E-state index is 12.2. The Labute approximate surface area is 107 Å². The Balaban J connectivity index is 2.22. The molecule has 0 saturated carbocycles. The average molecular weight is 255 g/mol. The molecule has 102 valence electrons. The second kappa shape index (κ2) is 4.23. The quantitative estimate of drug-likeness (QED) is 0.759. The Morgan fingerprint density at radius 1 is 1.56 bits per heavy atom. The lowest BCUT2D eigenvalue weighted by molar-refractivity contribution is -0.111. The number of aldehydes is 1. The molecule has 2 fully saturated rings. The van der Waals surface area contributed by atoms with Crippen LogP contribution in [-0.4, -0.2) is 45.7 Å². The van der Waals surface area contributed by atoms with Crippen LogP contribution in [0.2, 0.25) is 0 Å². The smallest absolute Gasteiger partial charge is 0.411 e. The van der Waals surface area contributed by atoms with Gasteiger partial charge in [-0.1, -0.05) is 0 Å². The zero-order valence-corrected chi connectivity index (χ0v) is 11.2. The van der Waals surface area contributed by atoms with Gasteiger partial charge in [0.2, 0.25) is 0 Å². The first-order valence-electron chi connectivity index (χ1n) is 6.44. The van der Waals surface area contributed by atoms with E-state index in [1.165, 1.54) is 0 Å². The summed E-state index contributed by atoms with van der Waals surface area (Å²) in [6.07, 6.45) is 2.00. The van der Waals surface area contributed by atoms with Gasteiger partial charge in [0.25, 0.3) is 0 Å². The minimum atomic E-state index is -0.727. The molecular weight excluding hydrogens is 234 g/mol. The van der Waals surface area contributed by atoms with Crippen molar-refractivity contribution in [2.45, 2.75) is 69.7 Å². The molecule has 2 saturated heterocycles. The number of aliphatic hydroxyl groups excluding tert-OH is 1. The van der Waals surface area contributed by atoms with Gasteiger partial charge < -0.3 is 14.6 Å². The number of hydrogen-bond donors (Lipinski definition) is 1. The van der Waals surface area contributed by atoms with E-state index in [1.54, 1.807) is 4.90 Å². The molecule has 2 bridgehead atoms. The topological polar surface area (TPSA) is 66.8 Å². The summed E-state index contributed by atoms with van der Waals surface area (Å²) in [5, 5.41) is 10.1. The molecule has 2 aliphatic rings. The molecule has 0 aromatic rings. The van der Waals surface area contributed by atoms with E-state index < -0.39 is 23.3 Å². The van der Waals surface area contributed by atoms with Gasteiger partial charge in [-0.05, 0) is 40.0 Å². The molecule has 0 aromatic carbocycles. The van der Waals surface area contributed by atoms with Gasteiger partial charge in [0.15, 0.2) is 0 Å². The summed E-state index contributed by atoms with van der Waals surface area (Å²) in [7, 11) is 0. The van der Waals surface area contributed by atoms with Gasteiger partial charge in [-0.3, -0.25) is 4.90 Å². The highest BCUT2D eigenvalue weighted by Gasteiger charge is 2.60. The Morgan fingerprint density at radius 3 is 2.72 bits per heavy atom. The number of rotatable bonds is 2. The van der Waals surface area contributed by atoms with Crippen LogP contribution in [0.4, 0.5) is 4.79 Å². The summed E-state index contributed by atoms with van der Waals surface area (Å²) >= 11 is 0. The Hall–Kier alpha value is -1.10. The monoisotopic (exact) mass is 255 g/mol. The lowest BCUT2D eigenvalue weighted by Gasteiger charge is -2.36. The van der Waals surface area contributed by atoms with E-state index in [2.05, 4.69) is 0 Å². The molecular formula is C13H21NO4. The highest BCUT2D eigenvalue weighted by molar-refractivity contribution is 5.72. The molecule has 0 spiro atoms. The lowest BCUT2D eigenvalue weighted by Crippen LogP contribution is -2.52. The molecule has 1 N–H and O–H groups in total. The summed E-state index contributed by atoms with van der Waals surface area (Å²) in [5.74, 6) is 0. The first-order valence-corrected chi connectivity index (χ1v) is 6.44. The van der Waals surface area contributed by atoms with Crippen LogP contribution in [-0.2, 0) is 9.53 Å². The summed E-state index contributed by atoms with van der Waals surface area (Å²) in [6.45, 7) is 5.43. The Bertz CT molecular complexity index is 362. The predicted octanol–water partition coefficient (Wildman–Crippen LogP) is 1.48. The van der Waals surface area contributed by atoms with Gasteiger partial charge in [-0.2, -0.15) is 0 Å². The van der Waals surface area contributed by atoms with Crippen LogP contribution in [0, 0.1) is 0 Å². The zero-order chi connectivity index (χ0) is 13.6. The van der Waals surface area contributed by atoms with Gasteiger partial charge in [0.1, 0.15) is 11.9 Å². The molecule has 5 nitrogen and oxygen atoms in total. The highest BCUT2D eigenvalue weighted by Crippen LogP contribution is 2.48. The van der Waals surface area contributed by atoms with Crippen LogP contribution in [0.5, 0.6) is 0 Å². The van der Waals surface area contributed by atoms with E-state index in [0.717, 1.165) is 12.7 Å². The fourth-order valence-corrected chi connectivity index (χ4v) is 3.18. The van der Waals surface area contributed by atoms with E-state index in [-0.39, 0.29) is 12.5 Å². The molecule has 0 radical (unpaired) electrons. The predicted molar refractivity (Wildman–Crippen MR) is 65.1 cm³/mol. The van der Waals surface area contributed by atoms with E-state index in [1.807, 2.05) is 20.8 Å². The van der Waals surface area contributed by atoms with Crippen LogP contribution in [0.25, 0.3) is 0 Å². The molecule has 3 unspecified atom stereocenters. The number of ether oxygens (including phenoxy) is 1. The Kier molecular flexibility index (Phi) is 3.13. The molecule has 3 atom stereocenters. The third-order valence-corrected chi connectivity index (χ3v) is 3.90. The second-order valence-electron chi connectivity index (χ2n) is 6.27. The fraction of sp³-hybridized carbons (Fsp3) is 0.846. The molecule has 18 heavy (non-hydrogen) atoms. The first-order chi connectivity index (χ1) is 8.30. The summed E-state index contributed by atoms with van der Waals surface area (Å²) in [5.41, 5.74) is -1.29. The van der Waals surface area contributed by atoms with Crippen molar-refractivity contribution in [3.05, 3.63) is 0 Å². The maximum absolute atomic E-state index is 12.2. The molecule has 0 aromatic heterocycles. The third kappa shape index (κ3) is 2.00.